The molecule has 0 aliphatic carbocycles. The zero-order valence-corrected chi connectivity index (χ0v) is 14.3. The Morgan fingerprint density at radius 1 is 1.15 bits per heavy atom. The lowest BCUT2D eigenvalue weighted by molar-refractivity contribution is 0.173. The van der Waals surface area contributed by atoms with Gasteiger partial charge in [-0.25, -0.2) is 0 Å². The molecule has 1 aliphatic rings. The van der Waals surface area contributed by atoms with E-state index in [2.05, 4.69) is 15.1 Å². The van der Waals surface area contributed by atoms with E-state index in [1.165, 1.54) is 10.6 Å². The monoisotopic (exact) mass is 362 g/mol. The Bertz CT molecular complexity index is 1300. The van der Waals surface area contributed by atoms with Crippen molar-refractivity contribution >= 4 is 5.65 Å². The summed E-state index contributed by atoms with van der Waals surface area (Å²) >= 11 is 0. The third-order valence-electron chi connectivity index (χ3n) is 4.64. The Morgan fingerprint density at radius 3 is 2.85 bits per heavy atom. The van der Waals surface area contributed by atoms with Gasteiger partial charge >= 0.3 is 0 Å². The molecular weight excluding hydrogens is 348 g/mol. The van der Waals surface area contributed by atoms with E-state index in [1.54, 1.807) is 30.5 Å². The lowest BCUT2D eigenvalue weighted by atomic mass is 10.0. The van der Waals surface area contributed by atoms with Gasteiger partial charge in [0.1, 0.15) is 11.2 Å². The second kappa shape index (κ2) is 5.60. The summed E-state index contributed by atoms with van der Waals surface area (Å²) in [5, 5.41) is 2.56. The van der Waals surface area contributed by atoms with Gasteiger partial charge in [0.15, 0.2) is 11.5 Å². The van der Waals surface area contributed by atoms with E-state index in [4.69, 9.17) is 9.47 Å². The van der Waals surface area contributed by atoms with Crippen LogP contribution in [0.1, 0.15) is 5.56 Å². The number of aromatic amines is 2. The van der Waals surface area contributed by atoms with Crippen LogP contribution < -0.4 is 20.6 Å². The number of aromatic nitrogens is 4. The number of fused-ring (bicyclic) bond motifs is 2. The Hall–Kier alpha value is -3.81. The molecule has 5 rings (SSSR count). The standard InChI is InChI=1S/C19H14N4O4/c1-10-11(5-6-14-17(10)27-9-26-14)13-8-15(24)23-18(21-13)16(19(25)22-23)12-4-2-3-7-20-12/h2-8,21H,9H2,1H3,(H,22,25). The predicted molar refractivity (Wildman–Crippen MR) is 98.2 cm³/mol. The molecule has 2 N–H and O–H groups in total. The van der Waals surface area contributed by atoms with Crippen molar-refractivity contribution in [3.8, 4) is 34.0 Å². The first kappa shape index (κ1) is 15.4. The van der Waals surface area contributed by atoms with Crippen molar-refractivity contribution in [1.29, 1.82) is 0 Å². The van der Waals surface area contributed by atoms with Crippen molar-refractivity contribution in [1.82, 2.24) is 19.6 Å². The van der Waals surface area contributed by atoms with Crippen LogP contribution in [0.25, 0.3) is 28.2 Å². The Balaban J connectivity index is 1.79. The van der Waals surface area contributed by atoms with Crippen molar-refractivity contribution in [3.05, 3.63) is 68.9 Å². The van der Waals surface area contributed by atoms with Crippen molar-refractivity contribution < 1.29 is 9.47 Å². The molecule has 0 fully saturated rings. The maximum Gasteiger partial charge on any atom is 0.276 e. The first-order valence-electron chi connectivity index (χ1n) is 8.32. The van der Waals surface area contributed by atoms with Gasteiger partial charge < -0.3 is 14.5 Å². The van der Waals surface area contributed by atoms with Gasteiger partial charge in [0.2, 0.25) is 6.79 Å². The molecule has 1 aliphatic heterocycles. The van der Waals surface area contributed by atoms with Crippen LogP contribution in [0.4, 0.5) is 0 Å². The zero-order valence-electron chi connectivity index (χ0n) is 14.3. The van der Waals surface area contributed by atoms with Gasteiger partial charge in [-0.15, -0.1) is 0 Å². The zero-order chi connectivity index (χ0) is 18.5. The molecule has 27 heavy (non-hydrogen) atoms. The lowest BCUT2D eigenvalue weighted by Crippen LogP contribution is -2.16. The number of nitrogens with zero attached hydrogens (tertiary/aromatic N) is 2. The van der Waals surface area contributed by atoms with Crippen LogP contribution in [-0.4, -0.2) is 26.4 Å². The first-order valence-corrected chi connectivity index (χ1v) is 8.32. The molecule has 8 heteroatoms. The van der Waals surface area contributed by atoms with E-state index in [0.717, 1.165) is 11.1 Å². The normalized spacial score (nSPS) is 12.6. The fraction of sp³-hybridized carbons (Fsp3) is 0.105. The molecule has 1 aromatic carbocycles. The maximum atomic E-state index is 12.6. The summed E-state index contributed by atoms with van der Waals surface area (Å²) in [6.07, 6.45) is 1.60. The van der Waals surface area contributed by atoms with Crippen molar-refractivity contribution in [2.45, 2.75) is 6.92 Å². The molecule has 0 saturated carbocycles. The van der Waals surface area contributed by atoms with Crippen molar-refractivity contribution in [3.63, 3.8) is 0 Å². The molecule has 134 valence electrons. The minimum Gasteiger partial charge on any atom is -0.454 e. The van der Waals surface area contributed by atoms with E-state index in [1.807, 2.05) is 13.0 Å². The Kier molecular flexibility index (Phi) is 3.20. The topological polar surface area (TPSA) is 101 Å². The molecule has 8 nitrogen and oxygen atoms in total. The largest absolute Gasteiger partial charge is 0.454 e. The number of H-pyrrole nitrogens is 2. The summed E-state index contributed by atoms with van der Waals surface area (Å²) in [5.74, 6) is 1.33. The highest BCUT2D eigenvalue weighted by Gasteiger charge is 2.21. The molecule has 0 spiro atoms. The molecule has 0 radical (unpaired) electrons. The van der Waals surface area contributed by atoms with Gasteiger partial charge in [-0.2, -0.15) is 4.52 Å². The average Bonchev–Trinajstić information content (AvgIpc) is 3.27. The summed E-state index contributed by atoms with van der Waals surface area (Å²) in [5.41, 5.74) is 2.63. The van der Waals surface area contributed by atoms with Crippen LogP contribution in [0.2, 0.25) is 0 Å². The summed E-state index contributed by atoms with van der Waals surface area (Å²) < 4.78 is 12.1. The second-order valence-electron chi connectivity index (χ2n) is 6.21. The number of ether oxygens (including phenoxy) is 2. The number of nitrogens with one attached hydrogen (secondary N) is 2. The fourth-order valence-electron chi connectivity index (χ4n) is 3.36. The van der Waals surface area contributed by atoms with Crippen LogP contribution >= 0.6 is 0 Å². The Morgan fingerprint density at radius 2 is 2.04 bits per heavy atom. The fourth-order valence-corrected chi connectivity index (χ4v) is 3.36. The highest BCUT2D eigenvalue weighted by atomic mass is 16.7. The number of rotatable bonds is 2. The van der Waals surface area contributed by atoms with Gasteiger partial charge in [-0.1, -0.05) is 6.07 Å². The number of hydrogen-bond acceptors (Lipinski definition) is 5. The third-order valence-corrected chi connectivity index (χ3v) is 4.64. The van der Waals surface area contributed by atoms with Gasteiger partial charge in [0.25, 0.3) is 11.1 Å². The third kappa shape index (κ3) is 2.27. The molecule has 0 atom stereocenters. The molecule has 0 unspecified atom stereocenters. The van der Waals surface area contributed by atoms with E-state index in [-0.39, 0.29) is 17.9 Å². The SMILES string of the molecule is Cc1c(-c2cc(=O)n3[nH]c(=O)c(-c4ccccn4)c3[nH]2)ccc2c1OCO2. The van der Waals surface area contributed by atoms with Crippen LogP contribution in [0, 0.1) is 6.92 Å². The van der Waals surface area contributed by atoms with E-state index < -0.39 is 0 Å². The van der Waals surface area contributed by atoms with E-state index >= 15 is 0 Å². The lowest BCUT2D eigenvalue weighted by Gasteiger charge is -2.09. The van der Waals surface area contributed by atoms with Gasteiger partial charge in [0, 0.05) is 23.4 Å². The van der Waals surface area contributed by atoms with Gasteiger partial charge in [0.05, 0.1) is 11.4 Å². The van der Waals surface area contributed by atoms with Gasteiger partial charge in [-0.3, -0.25) is 19.7 Å². The minimum absolute atomic E-state index is 0.173. The molecule has 4 heterocycles. The van der Waals surface area contributed by atoms with Crippen LogP contribution in [-0.2, 0) is 0 Å². The molecule has 0 amide bonds. The molecular formula is C19H14N4O4. The number of hydrogen-bond donors (Lipinski definition) is 2. The molecule has 0 bridgehead atoms. The number of benzene rings is 1. The van der Waals surface area contributed by atoms with E-state index in [0.29, 0.717) is 34.1 Å². The summed E-state index contributed by atoms with van der Waals surface area (Å²) in [6, 6.07) is 10.4. The van der Waals surface area contributed by atoms with Gasteiger partial charge in [-0.05, 0) is 31.2 Å². The van der Waals surface area contributed by atoms with Crippen molar-refractivity contribution in [2.24, 2.45) is 0 Å². The molecule has 4 aromatic rings. The highest BCUT2D eigenvalue weighted by molar-refractivity contribution is 5.77. The second-order valence-corrected chi connectivity index (χ2v) is 6.21. The van der Waals surface area contributed by atoms with Crippen LogP contribution in [0.3, 0.4) is 0 Å². The predicted octanol–water partition coefficient (Wildman–Crippen LogP) is 2.08. The maximum absolute atomic E-state index is 12.6. The summed E-state index contributed by atoms with van der Waals surface area (Å²) in [7, 11) is 0. The van der Waals surface area contributed by atoms with Crippen LogP contribution in [0.5, 0.6) is 11.5 Å². The summed E-state index contributed by atoms with van der Waals surface area (Å²) in [4.78, 5) is 32.5. The Labute approximate surface area is 152 Å². The summed E-state index contributed by atoms with van der Waals surface area (Å²) in [6.45, 7) is 2.07. The average molecular weight is 362 g/mol. The number of pyridine rings is 1. The van der Waals surface area contributed by atoms with Crippen LogP contribution in [0.15, 0.2) is 52.2 Å². The molecule has 3 aromatic heterocycles. The molecule has 0 saturated heterocycles. The minimum atomic E-state index is -0.387. The smallest absolute Gasteiger partial charge is 0.276 e. The first-order chi connectivity index (χ1) is 13.1. The van der Waals surface area contributed by atoms with E-state index in [9.17, 15) is 9.59 Å². The highest BCUT2D eigenvalue weighted by Crippen LogP contribution is 2.40. The quantitative estimate of drug-likeness (QED) is 0.568. The van der Waals surface area contributed by atoms with Crippen molar-refractivity contribution in [2.75, 3.05) is 6.79 Å².